The number of hydrogen-bond donors (Lipinski definition) is 1. The number of Topliss-reactive ketones (excluding diaryl/α,β-unsaturated/α-hetero) is 1. The number of hydrogen-bond acceptors (Lipinski definition) is 5. The molecule has 0 aliphatic rings. The number of alkyl halides is 1. The van der Waals surface area contributed by atoms with Crippen molar-refractivity contribution in [1.29, 1.82) is 0 Å². The maximum atomic E-state index is 12.1. The van der Waals surface area contributed by atoms with Gasteiger partial charge < -0.3 is 19.3 Å². The molecule has 100 valence electrons. The zero-order valence-electron chi connectivity index (χ0n) is 10.3. The Labute approximate surface area is 110 Å². The number of ether oxygens (including phenoxy) is 3. The summed E-state index contributed by atoms with van der Waals surface area (Å²) in [7, 11) is 4.18. The van der Waals surface area contributed by atoms with Gasteiger partial charge in [0.1, 0.15) is 11.5 Å². The fourth-order valence-corrected chi connectivity index (χ4v) is 1.67. The molecule has 0 heterocycles. The third kappa shape index (κ3) is 3.13. The lowest BCUT2D eigenvalue weighted by Crippen LogP contribution is -2.33. The quantitative estimate of drug-likeness (QED) is 0.633. The second kappa shape index (κ2) is 6.58. The fraction of sp³-hybridized carbons (Fsp3) is 0.417. The second-order valence-electron chi connectivity index (χ2n) is 3.49. The van der Waals surface area contributed by atoms with Crippen molar-refractivity contribution in [3.8, 4) is 11.5 Å². The third-order valence-electron chi connectivity index (χ3n) is 2.45. The minimum Gasteiger partial charge on any atom is -0.507 e. The number of ketones is 1. The Balaban J connectivity index is 3.02. The summed E-state index contributed by atoms with van der Waals surface area (Å²) >= 11 is 5.81. The molecule has 2 unspecified atom stereocenters. The molecule has 0 bridgehead atoms. The highest BCUT2D eigenvalue weighted by atomic mass is 35.5. The van der Waals surface area contributed by atoms with Crippen LogP contribution < -0.4 is 4.74 Å². The van der Waals surface area contributed by atoms with E-state index < -0.39 is 17.5 Å². The van der Waals surface area contributed by atoms with Gasteiger partial charge in [-0.05, 0) is 12.1 Å². The standard InChI is InChI=1S/C12H15ClO5/c1-16-7-4-5-8(9(14)6-7)10(15)11(17-2)12(13)18-3/h4-6,11-12,14H,1-3H3. The fourth-order valence-electron chi connectivity index (χ4n) is 1.46. The summed E-state index contributed by atoms with van der Waals surface area (Å²) < 4.78 is 14.8. The van der Waals surface area contributed by atoms with Crippen molar-refractivity contribution in [3.05, 3.63) is 23.8 Å². The van der Waals surface area contributed by atoms with E-state index in [0.717, 1.165) is 0 Å². The highest BCUT2D eigenvalue weighted by molar-refractivity contribution is 6.22. The highest BCUT2D eigenvalue weighted by Gasteiger charge is 2.29. The van der Waals surface area contributed by atoms with Crippen LogP contribution in [0.3, 0.4) is 0 Å². The summed E-state index contributed by atoms with van der Waals surface area (Å²) in [5, 5.41) is 9.75. The van der Waals surface area contributed by atoms with Gasteiger partial charge in [0, 0.05) is 20.3 Å². The summed E-state index contributed by atoms with van der Waals surface area (Å²) in [4.78, 5) is 12.1. The minimum absolute atomic E-state index is 0.102. The Morgan fingerprint density at radius 3 is 2.39 bits per heavy atom. The number of carbonyl (C=O) groups excluding carboxylic acids is 1. The van der Waals surface area contributed by atoms with Gasteiger partial charge >= 0.3 is 0 Å². The number of methoxy groups -OCH3 is 3. The van der Waals surface area contributed by atoms with E-state index in [1.54, 1.807) is 6.07 Å². The predicted octanol–water partition coefficient (Wildman–Crippen LogP) is 1.81. The number of carbonyl (C=O) groups is 1. The van der Waals surface area contributed by atoms with Gasteiger partial charge in [-0.15, -0.1) is 0 Å². The predicted molar refractivity (Wildman–Crippen MR) is 66.4 cm³/mol. The number of halogens is 1. The smallest absolute Gasteiger partial charge is 0.199 e. The Kier molecular flexibility index (Phi) is 5.40. The van der Waals surface area contributed by atoms with E-state index in [2.05, 4.69) is 0 Å². The molecule has 0 saturated heterocycles. The van der Waals surface area contributed by atoms with Crippen molar-refractivity contribution in [3.63, 3.8) is 0 Å². The zero-order valence-corrected chi connectivity index (χ0v) is 11.1. The summed E-state index contributed by atoms with van der Waals surface area (Å²) in [5.74, 6) is -0.201. The summed E-state index contributed by atoms with van der Waals surface area (Å²) in [6, 6.07) is 4.35. The molecule has 2 atom stereocenters. The van der Waals surface area contributed by atoms with E-state index >= 15 is 0 Å². The van der Waals surface area contributed by atoms with Crippen LogP contribution in [-0.2, 0) is 9.47 Å². The monoisotopic (exact) mass is 274 g/mol. The molecule has 1 rings (SSSR count). The van der Waals surface area contributed by atoms with Crippen molar-refractivity contribution in [2.75, 3.05) is 21.3 Å². The Morgan fingerprint density at radius 2 is 1.94 bits per heavy atom. The first-order valence-corrected chi connectivity index (χ1v) is 5.59. The number of aromatic hydroxyl groups is 1. The van der Waals surface area contributed by atoms with Crippen LogP contribution in [0.2, 0.25) is 0 Å². The molecule has 0 aliphatic heterocycles. The molecule has 18 heavy (non-hydrogen) atoms. The van der Waals surface area contributed by atoms with Gasteiger partial charge in [-0.3, -0.25) is 4.79 Å². The van der Waals surface area contributed by atoms with Crippen molar-refractivity contribution in [2.24, 2.45) is 0 Å². The Bertz CT molecular complexity index is 421. The molecule has 0 spiro atoms. The molecule has 1 aromatic rings. The van der Waals surface area contributed by atoms with Crippen molar-refractivity contribution >= 4 is 17.4 Å². The third-order valence-corrected chi connectivity index (χ3v) is 2.85. The van der Waals surface area contributed by atoms with Crippen LogP contribution in [-0.4, -0.2) is 43.9 Å². The first kappa shape index (κ1) is 14.8. The molecular weight excluding hydrogens is 260 g/mol. The lowest BCUT2D eigenvalue weighted by molar-refractivity contribution is 0.0111. The zero-order chi connectivity index (χ0) is 13.7. The molecule has 1 aromatic carbocycles. The van der Waals surface area contributed by atoms with E-state index in [1.807, 2.05) is 0 Å². The summed E-state index contributed by atoms with van der Waals surface area (Å²) in [6.07, 6.45) is -0.990. The minimum atomic E-state index is -0.990. The Morgan fingerprint density at radius 1 is 1.28 bits per heavy atom. The van der Waals surface area contributed by atoms with Crippen LogP contribution in [0.15, 0.2) is 18.2 Å². The maximum Gasteiger partial charge on any atom is 0.199 e. The molecule has 0 saturated carbocycles. The van der Waals surface area contributed by atoms with Gasteiger partial charge in [0.05, 0.1) is 12.7 Å². The van der Waals surface area contributed by atoms with Gasteiger partial charge in [0.2, 0.25) is 0 Å². The first-order chi connectivity index (χ1) is 8.54. The number of phenolic OH excluding ortho intramolecular Hbond substituents is 1. The largest absolute Gasteiger partial charge is 0.507 e. The lowest BCUT2D eigenvalue weighted by Gasteiger charge is -2.19. The molecule has 0 aliphatic carbocycles. The molecule has 0 amide bonds. The molecule has 1 N–H and O–H groups in total. The van der Waals surface area contributed by atoms with Crippen LogP contribution in [0.1, 0.15) is 10.4 Å². The van der Waals surface area contributed by atoms with Gasteiger partial charge in [-0.25, -0.2) is 0 Å². The molecular formula is C12H15ClO5. The average molecular weight is 275 g/mol. The molecule has 0 radical (unpaired) electrons. The first-order valence-electron chi connectivity index (χ1n) is 5.16. The van der Waals surface area contributed by atoms with Gasteiger partial charge in [-0.2, -0.15) is 0 Å². The number of rotatable bonds is 6. The molecule has 0 fully saturated rings. The molecule has 5 nitrogen and oxygen atoms in total. The van der Waals surface area contributed by atoms with Gasteiger partial charge in [-0.1, -0.05) is 11.6 Å². The van der Waals surface area contributed by atoms with Crippen LogP contribution >= 0.6 is 11.6 Å². The van der Waals surface area contributed by atoms with Gasteiger partial charge in [0.15, 0.2) is 17.5 Å². The van der Waals surface area contributed by atoms with E-state index in [4.69, 9.17) is 25.8 Å². The van der Waals surface area contributed by atoms with Crippen LogP contribution in [0, 0.1) is 0 Å². The van der Waals surface area contributed by atoms with E-state index in [0.29, 0.717) is 5.75 Å². The maximum absolute atomic E-state index is 12.1. The Hall–Kier alpha value is -1.30. The molecule has 6 heteroatoms. The van der Waals surface area contributed by atoms with Crippen molar-refractivity contribution in [2.45, 2.75) is 11.7 Å². The number of benzene rings is 1. The van der Waals surface area contributed by atoms with E-state index in [-0.39, 0.29) is 11.3 Å². The topological polar surface area (TPSA) is 65.0 Å². The second-order valence-corrected chi connectivity index (χ2v) is 3.92. The van der Waals surface area contributed by atoms with E-state index in [1.165, 1.54) is 33.5 Å². The molecule has 0 aromatic heterocycles. The number of phenols is 1. The normalized spacial score (nSPS) is 14.0. The average Bonchev–Trinajstić information content (AvgIpc) is 2.38. The highest BCUT2D eigenvalue weighted by Crippen LogP contribution is 2.26. The van der Waals surface area contributed by atoms with Crippen LogP contribution in [0.4, 0.5) is 0 Å². The van der Waals surface area contributed by atoms with Crippen molar-refractivity contribution < 1.29 is 24.1 Å². The van der Waals surface area contributed by atoms with Crippen LogP contribution in [0.25, 0.3) is 0 Å². The summed E-state index contributed by atoms with van der Waals surface area (Å²) in [6.45, 7) is 0. The van der Waals surface area contributed by atoms with E-state index in [9.17, 15) is 9.90 Å². The van der Waals surface area contributed by atoms with Gasteiger partial charge in [0.25, 0.3) is 0 Å². The SMILES string of the molecule is COc1ccc(C(=O)C(OC)C(Cl)OC)c(O)c1. The van der Waals surface area contributed by atoms with Crippen molar-refractivity contribution in [1.82, 2.24) is 0 Å². The summed E-state index contributed by atoms with van der Waals surface area (Å²) in [5.41, 5.74) is -0.825. The lowest BCUT2D eigenvalue weighted by atomic mass is 10.1. The van der Waals surface area contributed by atoms with Crippen LogP contribution in [0.5, 0.6) is 11.5 Å².